The number of carbonyl (C=O) groups excluding carboxylic acids is 1. The molecule has 0 atom stereocenters. The van der Waals surface area contributed by atoms with Crippen LogP contribution in [0.4, 0.5) is 5.69 Å². The molecule has 144 valence electrons. The average molecular weight is 389 g/mol. The van der Waals surface area contributed by atoms with Crippen LogP contribution in [0.3, 0.4) is 0 Å². The van der Waals surface area contributed by atoms with Gasteiger partial charge in [-0.25, -0.2) is 5.43 Å². The Bertz CT molecular complexity index is 1100. The lowest BCUT2D eigenvalue weighted by atomic mass is 10.0. The molecule has 0 aromatic heterocycles. The van der Waals surface area contributed by atoms with E-state index in [2.05, 4.69) is 10.5 Å². The zero-order valence-corrected chi connectivity index (χ0v) is 15.1. The number of rotatable bonds is 5. The molecule has 4 rings (SSSR count). The van der Waals surface area contributed by atoms with Gasteiger partial charge in [-0.05, 0) is 29.3 Å². The number of benzene rings is 3. The average Bonchev–Trinajstić information content (AvgIpc) is 3.21. The van der Waals surface area contributed by atoms with Crippen LogP contribution in [-0.4, -0.2) is 23.8 Å². The predicted octanol–water partition coefficient (Wildman–Crippen LogP) is 3.75. The van der Waals surface area contributed by atoms with Crippen LogP contribution < -0.4 is 14.9 Å². The van der Waals surface area contributed by atoms with Gasteiger partial charge >= 0.3 is 0 Å². The molecular weight excluding hydrogens is 374 g/mol. The van der Waals surface area contributed by atoms with Crippen LogP contribution in [0.2, 0.25) is 0 Å². The summed E-state index contributed by atoms with van der Waals surface area (Å²) in [7, 11) is 0. The minimum absolute atomic E-state index is 0.00277. The topological polar surface area (TPSA) is 103 Å². The van der Waals surface area contributed by atoms with Gasteiger partial charge in [0.25, 0.3) is 11.6 Å². The normalized spacial score (nSPS) is 12.1. The molecule has 0 unspecified atom stereocenters. The molecule has 3 aromatic rings. The van der Waals surface area contributed by atoms with Crippen molar-refractivity contribution in [1.82, 2.24) is 5.43 Å². The van der Waals surface area contributed by atoms with Gasteiger partial charge < -0.3 is 9.47 Å². The second-order valence-corrected chi connectivity index (χ2v) is 6.16. The van der Waals surface area contributed by atoms with Crippen molar-refractivity contribution in [3.05, 3.63) is 88.0 Å². The van der Waals surface area contributed by atoms with Gasteiger partial charge in [0, 0.05) is 5.56 Å². The molecule has 3 aromatic carbocycles. The van der Waals surface area contributed by atoms with E-state index in [0.29, 0.717) is 17.1 Å². The number of hydrogen-bond donors (Lipinski definition) is 1. The van der Waals surface area contributed by atoms with E-state index in [9.17, 15) is 14.9 Å². The minimum Gasteiger partial charge on any atom is -0.454 e. The largest absolute Gasteiger partial charge is 0.454 e. The molecule has 0 fully saturated rings. The Kier molecular flexibility index (Phi) is 4.90. The summed E-state index contributed by atoms with van der Waals surface area (Å²) < 4.78 is 10.4. The highest BCUT2D eigenvalue weighted by Crippen LogP contribution is 2.37. The lowest BCUT2D eigenvalue weighted by Gasteiger charge is -2.04. The maximum atomic E-state index is 12.3. The highest BCUT2D eigenvalue weighted by molar-refractivity contribution is 5.95. The van der Waals surface area contributed by atoms with Crippen LogP contribution in [0, 0.1) is 10.1 Å². The van der Waals surface area contributed by atoms with E-state index in [0.717, 1.165) is 11.1 Å². The fraction of sp³-hybridized carbons (Fsp3) is 0.0476. The van der Waals surface area contributed by atoms with Crippen molar-refractivity contribution in [1.29, 1.82) is 0 Å². The molecule has 1 heterocycles. The van der Waals surface area contributed by atoms with E-state index < -0.39 is 10.8 Å². The van der Waals surface area contributed by atoms with Gasteiger partial charge in [-0.1, -0.05) is 42.5 Å². The summed E-state index contributed by atoms with van der Waals surface area (Å²) in [6.07, 6.45) is 1.20. The number of nitrogens with one attached hydrogen (secondary N) is 1. The van der Waals surface area contributed by atoms with E-state index in [1.54, 1.807) is 12.1 Å². The molecule has 0 saturated carbocycles. The van der Waals surface area contributed by atoms with Crippen molar-refractivity contribution < 1.29 is 19.2 Å². The Morgan fingerprint density at radius 2 is 1.66 bits per heavy atom. The van der Waals surface area contributed by atoms with Crippen LogP contribution in [0.25, 0.3) is 11.1 Å². The molecule has 1 aliphatic heterocycles. The van der Waals surface area contributed by atoms with Gasteiger partial charge in [0.05, 0.1) is 22.8 Å². The van der Waals surface area contributed by atoms with Crippen LogP contribution >= 0.6 is 0 Å². The Morgan fingerprint density at radius 3 is 2.34 bits per heavy atom. The molecule has 8 nitrogen and oxygen atoms in total. The van der Waals surface area contributed by atoms with E-state index in [1.807, 2.05) is 42.5 Å². The predicted molar refractivity (Wildman–Crippen MR) is 106 cm³/mol. The number of ether oxygens (including phenoxy) is 2. The first kappa shape index (κ1) is 18.2. The number of amides is 1. The quantitative estimate of drug-likeness (QED) is 0.407. The Hall–Kier alpha value is -4.20. The third-order valence-electron chi connectivity index (χ3n) is 4.34. The fourth-order valence-corrected chi connectivity index (χ4v) is 2.88. The zero-order valence-electron chi connectivity index (χ0n) is 15.1. The summed E-state index contributed by atoms with van der Waals surface area (Å²) >= 11 is 0. The van der Waals surface area contributed by atoms with Gasteiger partial charge in [-0.2, -0.15) is 5.10 Å². The number of hydrogen-bond acceptors (Lipinski definition) is 6. The first-order valence-electron chi connectivity index (χ1n) is 8.69. The van der Waals surface area contributed by atoms with Gasteiger partial charge in [-0.3, -0.25) is 14.9 Å². The molecule has 1 aliphatic rings. The SMILES string of the molecule is O=C(NN=Cc1cc2c(cc1[N+](=O)[O-])OCO2)c1ccc(-c2ccccc2)cc1. The summed E-state index contributed by atoms with van der Waals surface area (Å²) in [5, 5.41) is 15.1. The lowest BCUT2D eigenvalue weighted by molar-refractivity contribution is -0.385. The molecular formula is C21H15N3O5. The number of hydrazone groups is 1. The molecule has 0 saturated heterocycles. The van der Waals surface area contributed by atoms with Crippen LogP contribution in [0.15, 0.2) is 71.8 Å². The van der Waals surface area contributed by atoms with Crippen LogP contribution in [-0.2, 0) is 0 Å². The van der Waals surface area contributed by atoms with Gasteiger partial charge in [0.2, 0.25) is 6.79 Å². The van der Waals surface area contributed by atoms with Crippen molar-refractivity contribution in [3.8, 4) is 22.6 Å². The Balaban J connectivity index is 1.47. The Morgan fingerprint density at radius 1 is 1.00 bits per heavy atom. The van der Waals surface area contributed by atoms with Gasteiger partial charge in [-0.15, -0.1) is 0 Å². The summed E-state index contributed by atoms with van der Waals surface area (Å²) in [5.41, 5.74) is 4.83. The van der Waals surface area contributed by atoms with Crippen LogP contribution in [0.5, 0.6) is 11.5 Å². The highest BCUT2D eigenvalue weighted by atomic mass is 16.7. The number of carbonyl (C=O) groups is 1. The van der Waals surface area contributed by atoms with Crippen molar-refractivity contribution in [2.45, 2.75) is 0 Å². The van der Waals surface area contributed by atoms with Crippen molar-refractivity contribution in [2.24, 2.45) is 5.10 Å². The summed E-state index contributed by atoms with van der Waals surface area (Å²) in [4.78, 5) is 23.0. The summed E-state index contributed by atoms with van der Waals surface area (Å²) in [6.45, 7) is 0.00277. The van der Waals surface area contributed by atoms with Crippen molar-refractivity contribution in [2.75, 3.05) is 6.79 Å². The second-order valence-electron chi connectivity index (χ2n) is 6.16. The van der Waals surface area contributed by atoms with E-state index >= 15 is 0 Å². The molecule has 8 heteroatoms. The number of nitrogens with zero attached hydrogens (tertiary/aromatic N) is 2. The first-order chi connectivity index (χ1) is 14.1. The molecule has 1 amide bonds. The molecule has 0 radical (unpaired) electrons. The minimum atomic E-state index is -0.548. The third kappa shape index (κ3) is 3.91. The summed E-state index contributed by atoms with van der Waals surface area (Å²) in [5.74, 6) is 0.264. The summed E-state index contributed by atoms with van der Waals surface area (Å²) in [6, 6.07) is 19.6. The Labute approximate surface area is 165 Å². The van der Waals surface area contributed by atoms with E-state index in [-0.39, 0.29) is 18.0 Å². The highest BCUT2D eigenvalue weighted by Gasteiger charge is 2.22. The lowest BCUT2D eigenvalue weighted by Crippen LogP contribution is -2.17. The maximum absolute atomic E-state index is 12.3. The number of nitro benzene ring substituents is 1. The van der Waals surface area contributed by atoms with E-state index in [1.165, 1.54) is 18.3 Å². The fourth-order valence-electron chi connectivity index (χ4n) is 2.88. The van der Waals surface area contributed by atoms with Crippen molar-refractivity contribution in [3.63, 3.8) is 0 Å². The maximum Gasteiger partial charge on any atom is 0.282 e. The monoisotopic (exact) mass is 389 g/mol. The number of fused-ring (bicyclic) bond motifs is 1. The van der Waals surface area contributed by atoms with E-state index in [4.69, 9.17) is 9.47 Å². The van der Waals surface area contributed by atoms with Gasteiger partial charge in [0.1, 0.15) is 0 Å². The van der Waals surface area contributed by atoms with Gasteiger partial charge in [0.15, 0.2) is 11.5 Å². The smallest absolute Gasteiger partial charge is 0.282 e. The zero-order chi connectivity index (χ0) is 20.2. The standard InChI is InChI=1S/C21H15N3O5/c25-21(16-8-6-15(7-9-16)14-4-2-1-3-5-14)23-22-12-17-10-19-20(29-13-28-19)11-18(17)24(26)27/h1-12H,13H2,(H,23,25). The molecule has 1 N–H and O–H groups in total. The molecule has 0 spiro atoms. The molecule has 0 aliphatic carbocycles. The van der Waals surface area contributed by atoms with Crippen LogP contribution in [0.1, 0.15) is 15.9 Å². The number of nitro groups is 1. The first-order valence-corrected chi connectivity index (χ1v) is 8.69. The third-order valence-corrected chi connectivity index (χ3v) is 4.34. The van der Waals surface area contributed by atoms with Crippen molar-refractivity contribution >= 4 is 17.8 Å². The molecule has 0 bridgehead atoms. The second kappa shape index (κ2) is 7.81. The molecule has 29 heavy (non-hydrogen) atoms.